The lowest BCUT2D eigenvalue weighted by Crippen LogP contribution is -2.49. The Kier molecular flexibility index (Phi) is 7.37. The van der Waals surface area contributed by atoms with Crippen LogP contribution in [0.4, 0.5) is 0 Å². The second-order valence-corrected chi connectivity index (χ2v) is 7.26. The van der Waals surface area contributed by atoms with Crippen molar-refractivity contribution in [2.24, 2.45) is 0 Å². The van der Waals surface area contributed by atoms with Gasteiger partial charge < -0.3 is 20.9 Å². The van der Waals surface area contributed by atoms with Crippen LogP contribution in [-0.4, -0.2) is 61.3 Å². The van der Waals surface area contributed by atoms with Crippen molar-refractivity contribution in [3.63, 3.8) is 0 Å². The highest BCUT2D eigenvalue weighted by molar-refractivity contribution is 5.97. The van der Waals surface area contributed by atoms with E-state index in [1.807, 2.05) is 42.5 Å². The highest BCUT2D eigenvalue weighted by Crippen LogP contribution is 2.19. The number of amides is 4. The number of carbonyl (C=O) groups excluding carboxylic acids is 4. The molecule has 1 saturated heterocycles. The quantitative estimate of drug-likeness (QED) is 0.617. The van der Waals surface area contributed by atoms with Crippen molar-refractivity contribution in [2.45, 2.75) is 18.9 Å². The number of nitrogens with one attached hydrogen (secondary N) is 3. The SMILES string of the molecule is CNC(=O)C1CCCN1C(=O)CNC(=O)CNC(=O)c1ccc(-c2ccccc2)cc1. The van der Waals surface area contributed by atoms with E-state index >= 15 is 0 Å². The molecule has 2 aromatic carbocycles. The molecule has 1 fully saturated rings. The predicted octanol–water partition coefficient (Wildman–Crippen LogP) is 0.937. The van der Waals surface area contributed by atoms with Crippen molar-refractivity contribution in [3.05, 3.63) is 60.2 Å². The number of rotatable bonds is 7. The maximum absolute atomic E-state index is 12.3. The zero-order valence-electron chi connectivity index (χ0n) is 17.4. The molecule has 1 atom stereocenters. The lowest BCUT2D eigenvalue weighted by Gasteiger charge is -2.23. The van der Waals surface area contributed by atoms with E-state index in [0.717, 1.165) is 17.5 Å². The Morgan fingerprint density at radius 1 is 0.903 bits per heavy atom. The first-order valence-electron chi connectivity index (χ1n) is 10.2. The normalized spacial score (nSPS) is 15.3. The van der Waals surface area contributed by atoms with Crippen LogP contribution in [0.1, 0.15) is 23.2 Å². The van der Waals surface area contributed by atoms with Gasteiger partial charge in [-0.3, -0.25) is 19.2 Å². The fourth-order valence-corrected chi connectivity index (χ4v) is 3.55. The van der Waals surface area contributed by atoms with Gasteiger partial charge >= 0.3 is 0 Å². The number of hydrogen-bond acceptors (Lipinski definition) is 4. The molecule has 0 radical (unpaired) electrons. The van der Waals surface area contributed by atoms with Crippen LogP contribution in [0.3, 0.4) is 0 Å². The third-order valence-electron chi connectivity index (χ3n) is 5.22. The minimum Gasteiger partial charge on any atom is -0.357 e. The fraction of sp³-hybridized carbons (Fsp3) is 0.304. The molecule has 0 aliphatic carbocycles. The summed E-state index contributed by atoms with van der Waals surface area (Å²) in [5, 5.41) is 7.60. The van der Waals surface area contributed by atoms with Gasteiger partial charge in [0.1, 0.15) is 6.04 Å². The summed E-state index contributed by atoms with van der Waals surface area (Å²) in [6.45, 7) is 0.0297. The third kappa shape index (κ3) is 5.69. The average Bonchev–Trinajstić information content (AvgIpc) is 3.31. The highest BCUT2D eigenvalue weighted by Gasteiger charge is 2.33. The molecule has 1 unspecified atom stereocenters. The van der Waals surface area contributed by atoms with Gasteiger partial charge in [-0.15, -0.1) is 0 Å². The average molecular weight is 422 g/mol. The van der Waals surface area contributed by atoms with Gasteiger partial charge in [-0.1, -0.05) is 42.5 Å². The van der Waals surface area contributed by atoms with Crippen molar-refractivity contribution < 1.29 is 19.2 Å². The molecule has 1 aliphatic rings. The first-order valence-corrected chi connectivity index (χ1v) is 10.2. The van der Waals surface area contributed by atoms with Crippen LogP contribution in [0.25, 0.3) is 11.1 Å². The summed E-state index contributed by atoms with van der Waals surface area (Å²) >= 11 is 0. The van der Waals surface area contributed by atoms with E-state index < -0.39 is 11.9 Å². The molecule has 1 heterocycles. The van der Waals surface area contributed by atoms with Gasteiger partial charge in [0.2, 0.25) is 17.7 Å². The molecule has 162 valence electrons. The molecule has 8 heteroatoms. The molecule has 3 rings (SSSR count). The predicted molar refractivity (Wildman–Crippen MR) is 116 cm³/mol. The minimum atomic E-state index is -0.493. The Hall–Kier alpha value is -3.68. The van der Waals surface area contributed by atoms with Gasteiger partial charge in [-0.05, 0) is 36.1 Å². The van der Waals surface area contributed by atoms with E-state index in [2.05, 4.69) is 16.0 Å². The molecule has 2 aromatic rings. The topological polar surface area (TPSA) is 108 Å². The van der Waals surface area contributed by atoms with Crippen LogP contribution in [0.2, 0.25) is 0 Å². The van der Waals surface area contributed by atoms with Crippen LogP contribution >= 0.6 is 0 Å². The summed E-state index contributed by atoms with van der Waals surface area (Å²) < 4.78 is 0. The maximum atomic E-state index is 12.3. The number of nitrogens with zero attached hydrogens (tertiary/aromatic N) is 1. The molecule has 0 saturated carbocycles. The van der Waals surface area contributed by atoms with Crippen LogP contribution < -0.4 is 16.0 Å². The lowest BCUT2D eigenvalue weighted by molar-refractivity contribution is -0.138. The van der Waals surface area contributed by atoms with Crippen LogP contribution in [-0.2, 0) is 14.4 Å². The zero-order valence-corrected chi connectivity index (χ0v) is 17.4. The molecule has 0 spiro atoms. The molecular weight excluding hydrogens is 396 g/mol. The largest absolute Gasteiger partial charge is 0.357 e. The first kappa shape index (κ1) is 22.0. The fourth-order valence-electron chi connectivity index (χ4n) is 3.55. The Labute approximate surface area is 181 Å². The van der Waals surface area contributed by atoms with Gasteiger partial charge in [0.25, 0.3) is 5.91 Å². The molecule has 31 heavy (non-hydrogen) atoms. The summed E-state index contributed by atoms with van der Waals surface area (Å²) in [6, 6.07) is 16.4. The highest BCUT2D eigenvalue weighted by atomic mass is 16.2. The molecule has 8 nitrogen and oxygen atoms in total. The van der Waals surface area contributed by atoms with Crippen molar-refractivity contribution in [2.75, 3.05) is 26.7 Å². The summed E-state index contributed by atoms with van der Waals surface area (Å²) in [7, 11) is 1.53. The second-order valence-electron chi connectivity index (χ2n) is 7.26. The van der Waals surface area contributed by atoms with E-state index in [1.54, 1.807) is 12.1 Å². The number of likely N-dealkylation sites (tertiary alicyclic amines) is 1. The molecule has 1 aliphatic heterocycles. The van der Waals surface area contributed by atoms with Crippen LogP contribution in [0, 0.1) is 0 Å². The number of likely N-dealkylation sites (N-methyl/N-ethyl adjacent to an activating group) is 1. The van der Waals surface area contributed by atoms with Crippen LogP contribution in [0.5, 0.6) is 0 Å². The van der Waals surface area contributed by atoms with Crippen molar-refractivity contribution in [1.29, 1.82) is 0 Å². The van der Waals surface area contributed by atoms with Crippen LogP contribution in [0.15, 0.2) is 54.6 Å². The Morgan fingerprint density at radius 2 is 1.58 bits per heavy atom. The minimum absolute atomic E-state index is 0.206. The van der Waals surface area contributed by atoms with Gasteiger partial charge in [-0.25, -0.2) is 0 Å². The molecule has 0 bridgehead atoms. The monoisotopic (exact) mass is 422 g/mol. The van der Waals surface area contributed by atoms with Crippen molar-refractivity contribution in [1.82, 2.24) is 20.9 Å². The zero-order chi connectivity index (χ0) is 22.2. The number of hydrogen-bond donors (Lipinski definition) is 3. The van der Waals surface area contributed by atoms with Gasteiger partial charge in [0.15, 0.2) is 0 Å². The molecule has 3 N–H and O–H groups in total. The Balaban J connectivity index is 1.44. The van der Waals surface area contributed by atoms with Gasteiger partial charge in [0.05, 0.1) is 13.1 Å². The Bertz CT molecular complexity index is 944. The van der Waals surface area contributed by atoms with E-state index in [1.165, 1.54) is 11.9 Å². The maximum Gasteiger partial charge on any atom is 0.251 e. The van der Waals surface area contributed by atoms with E-state index in [9.17, 15) is 19.2 Å². The molecular formula is C23H26N4O4. The van der Waals surface area contributed by atoms with E-state index in [4.69, 9.17) is 0 Å². The lowest BCUT2D eigenvalue weighted by atomic mass is 10.0. The van der Waals surface area contributed by atoms with Gasteiger partial charge in [0, 0.05) is 19.2 Å². The summed E-state index contributed by atoms with van der Waals surface area (Å²) in [5.74, 6) is -1.37. The van der Waals surface area contributed by atoms with Crippen molar-refractivity contribution >= 4 is 23.6 Å². The first-order chi connectivity index (χ1) is 15.0. The summed E-state index contributed by atoms with van der Waals surface area (Å²) in [5.41, 5.74) is 2.48. The standard InChI is InChI=1S/C23H26N4O4/c1-24-23(31)19-8-5-13-27(19)21(29)15-25-20(28)14-26-22(30)18-11-9-17(10-12-18)16-6-3-2-4-7-16/h2-4,6-7,9-12,19H,5,8,13-15H2,1H3,(H,24,31)(H,25,28)(H,26,30). The van der Waals surface area contributed by atoms with E-state index in [-0.39, 0.29) is 30.8 Å². The van der Waals surface area contributed by atoms with Gasteiger partial charge in [-0.2, -0.15) is 0 Å². The number of benzene rings is 2. The molecule has 4 amide bonds. The summed E-state index contributed by atoms with van der Waals surface area (Å²) in [4.78, 5) is 50.0. The van der Waals surface area contributed by atoms with E-state index in [0.29, 0.717) is 18.5 Å². The van der Waals surface area contributed by atoms with Crippen molar-refractivity contribution in [3.8, 4) is 11.1 Å². The third-order valence-corrected chi connectivity index (χ3v) is 5.22. The number of carbonyl (C=O) groups is 4. The Morgan fingerprint density at radius 3 is 2.26 bits per heavy atom. The smallest absolute Gasteiger partial charge is 0.251 e. The second kappa shape index (κ2) is 10.4. The summed E-state index contributed by atoms with van der Waals surface area (Å²) in [6.07, 6.45) is 1.36. The molecule has 0 aromatic heterocycles.